The van der Waals surface area contributed by atoms with Crippen molar-refractivity contribution in [1.82, 2.24) is 5.32 Å². The number of nitrogens with one attached hydrogen (secondary N) is 1. The first-order valence-corrected chi connectivity index (χ1v) is 12.7. The van der Waals surface area contributed by atoms with Gasteiger partial charge in [0.2, 0.25) is 0 Å². The number of fused-ring (bicyclic) bond motifs is 2. The van der Waals surface area contributed by atoms with Gasteiger partial charge in [0, 0.05) is 28.3 Å². The van der Waals surface area contributed by atoms with Crippen LogP contribution in [-0.4, -0.2) is 18.4 Å². The number of hydrogen-bond acceptors (Lipinski definition) is 5. The minimum Gasteiger partial charge on any atom is -0.488 e. The number of allylic oxidation sites excluding steroid dienone is 2. The van der Waals surface area contributed by atoms with E-state index in [1.54, 1.807) is 6.92 Å². The van der Waals surface area contributed by atoms with E-state index in [-0.39, 0.29) is 12.4 Å². The van der Waals surface area contributed by atoms with Gasteiger partial charge in [-0.05, 0) is 60.0 Å². The third-order valence-electron chi connectivity index (χ3n) is 6.51. The minimum atomic E-state index is -0.567. The molecule has 3 aromatic rings. The van der Waals surface area contributed by atoms with E-state index in [1.165, 1.54) is 5.56 Å². The highest BCUT2D eigenvalue weighted by molar-refractivity contribution is 9.10. The molecule has 0 aromatic heterocycles. The molecule has 5 nitrogen and oxygen atoms in total. The monoisotopic (exact) mass is 543 g/mol. The van der Waals surface area contributed by atoms with Crippen LogP contribution in [0.5, 0.6) is 5.75 Å². The van der Waals surface area contributed by atoms with E-state index in [2.05, 4.69) is 40.3 Å². The van der Waals surface area contributed by atoms with Crippen LogP contribution in [0, 0.1) is 6.92 Å². The molecular weight excluding hydrogens is 518 g/mol. The Bertz CT molecular complexity index is 1450. The second kappa shape index (κ2) is 9.78. The first-order valence-electron chi connectivity index (χ1n) is 11.9. The number of carbonyl (C=O) groups is 2. The minimum absolute atomic E-state index is 0.0803. The van der Waals surface area contributed by atoms with Gasteiger partial charge < -0.3 is 14.8 Å². The average molecular weight is 544 g/mol. The third kappa shape index (κ3) is 4.26. The first kappa shape index (κ1) is 24.1. The molecule has 5 rings (SSSR count). The fourth-order valence-corrected chi connectivity index (χ4v) is 5.43. The van der Waals surface area contributed by atoms with Crippen LogP contribution in [-0.2, 0) is 16.1 Å². The molecule has 1 N–H and O–H groups in total. The summed E-state index contributed by atoms with van der Waals surface area (Å²) in [6.45, 7) is 6.36. The van der Waals surface area contributed by atoms with Crippen LogP contribution in [0.3, 0.4) is 0 Å². The molecule has 0 saturated heterocycles. The molecule has 0 bridgehead atoms. The lowest BCUT2D eigenvalue weighted by Crippen LogP contribution is -2.29. The number of aryl methyl sites for hydroxylation is 1. The van der Waals surface area contributed by atoms with E-state index in [9.17, 15) is 9.59 Å². The normalized spacial score (nSPS) is 16.4. The smallest absolute Gasteiger partial charge is 0.336 e. The first-order chi connectivity index (χ1) is 17.4. The van der Waals surface area contributed by atoms with Crippen LogP contribution < -0.4 is 10.1 Å². The number of benzene rings is 3. The largest absolute Gasteiger partial charge is 0.488 e. The summed E-state index contributed by atoms with van der Waals surface area (Å²) in [6.07, 6.45) is 0. The number of rotatable bonds is 6. The van der Waals surface area contributed by atoms with Gasteiger partial charge in [0.25, 0.3) is 0 Å². The van der Waals surface area contributed by atoms with Gasteiger partial charge in [0.1, 0.15) is 12.4 Å². The molecule has 0 fully saturated rings. The number of carbonyl (C=O) groups excluding carboxylic acids is 2. The molecule has 0 radical (unpaired) electrons. The SMILES string of the molecule is CCOC(=O)C1=C(C)NC2=C(C(=O)c3ccccc32)[C@@H]1c1ccc(OCc2cccc(C)c2)c(Br)c1. The fraction of sp³-hybridized carbons (Fsp3) is 0.200. The summed E-state index contributed by atoms with van der Waals surface area (Å²) >= 11 is 3.65. The molecule has 36 heavy (non-hydrogen) atoms. The molecule has 1 aliphatic heterocycles. The topological polar surface area (TPSA) is 64.6 Å². The highest BCUT2D eigenvalue weighted by Crippen LogP contribution is 2.47. The zero-order valence-corrected chi connectivity index (χ0v) is 21.9. The van der Waals surface area contributed by atoms with E-state index in [1.807, 2.05) is 61.5 Å². The van der Waals surface area contributed by atoms with Gasteiger partial charge in [0.05, 0.1) is 22.3 Å². The summed E-state index contributed by atoms with van der Waals surface area (Å²) in [5.74, 6) is -0.396. The van der Waals surface area contributed by atoms with Crippen molar-refractivity contribution in [3.63, 3.8) is 0 Å². The van der Waals surface area contributed by atoms with Crippen LogP contribution in [0.4, 0.5) is 0 Å². The Hall–Kier alpha value is -3.64. The van der Waals surface area contributed by atoms with Crippen molar-refractivity contribution in [2.24, 2.45) is 0 Å². The summed E-state index contributed by atoms with van der Waals surface area (Å²) in [4.78, 5) is 26.7. The Morgan fingerprint density at radius 3 is 2.50 bits per heavy atom. The Balaban J connectivity index is 1.54. The highest BCUT2D eigenvalue weighted by atomic mass is 79.9. The van der Waals surface area contributed by atoms with Crippen LogP contribution in [0.15, 0.2) is 88.0 Å². The second-order valence-electron chi connectivity index (χ2n) is 8.95. The van der Waals surface area contributed by atoms with Gasteiger partial charge >= 0.3 is 5.97 Å². The molecule has 0 unspecified atom stereocenters. The van der Waals surface area contributed by atoms with Crippen molar-refractivity contribution < 1.29 is 19.1 Å². The lowest BCUT2D eigenvalue weighted by atomic mass is 9.80. The molecule has 0 saturated carbocycles. The van der Waals surface area contributed by atoms with Gasteiger partial charge in [-0.1, -0.05) is 60.2 Å². The number of dihydropyridines is 1. The van der Waals surface area contributed by atoms with Gasteiger partial charge in [-0.15, -0.1) is 0 Å². The number of Topliss-reactive ketones (excluding diaryl/α,β-unsaturated/α-hetero) is 1. The van der Waals surface area contributed by atoms with E-state index in [0.29, 0.717) is 34.8 Å². The van der Waals surface area contributed by atoms with Crippen molar-refractivity contribution in [1.29, 1.82) is 0 Å². The fourth-order valence-electron chi connectivity index (χ4n) is 4.92. The molecule has 1 atom stereocenters. The molecule has 182 valence electrons. The van der Waals surface area contributed by atoms with Crippen molar-refractivity contribution in [3.8, 4) is 5.75 Å². The Morgan fingerprint density at radius 2 is 1.78 bits per heavy atom. The lowest BCUT2D eigenvalue weighted by Gasteiger charge is -2.29. The quantitative estimate of drug-likeness (QED) is 0.361. The summed E-state index contributed by atoms with van der Waals surface area (Å²) in [6, 6.07) is 21.4. The van der Waals surface area contributed by atoms with Crippen molar-refractivity contribution in [2.45, 2.75) is 33.3 Å². The zero-order valence-electron chi connectivity index (χ0n) is 20.4. The van der Waals surface area contributed by atoms with Crippen LogP contribution >= 0.6 is 15.9 Å². The lowest BCUT2D eigenvalue weighted by molar-refractivity contribution is -0.138. The van der Waals surface area contributed by atoms with E-state index in [0.717, 1.165) is 26.9 Å². The van der Waals surface area contributed by atoms with Gasteiger partial charge in [0.15, 0.2) is 5.78 Å². The zero-order chi connectivity index (χ0) is 25.4. The van der Waals surface area contributed by atoms with E-state index >= 15 is 0 Å². The molecule has 6 heteroatoms. The predicted octanol–water partition coefficient (Wildman–Crippen LogP) is 6.47. The van der Waals surface area contributed by atoms with Crippen molar-refractivity contribution >= 4 is 33.4 Å². The van der Waals surface area contributed by atoms with Gasteiger partial charge in [-0.2, -0.15) is 0 Å². The maximum absolute atomic E-state index is 13.6. The molecule has 3 aromatic carbocycles. The molecule has 1 aliphatic carbocycles. The number of esters is 1. The van der Waals surface area contributed by atoms with Gasteiger partial charge in [-0.3, -0.25) is 4.79 Å². The number of hydrogen-bond donors (Lipinski definition) is 1. The van der Waals surface area contributed by atoms with Crippen molar-refractivity contribution in [3.05, 3.63) is 116 Å². The van der Waals surface area contributed by atoms with Crippen LogP contribution in [0.2, 0.25) is 0 Å². The van der Waals surface area contributed by atoms with E-state index in [4.69, 9.17) is 9.47 Å². The summed E-state index contributed by atoms with van der Waals surface area (Å²) in [5, 5.41) is 3.32. The summed E-state index contributed by atoms with van der Waals surface area (Å²) in [5.41, 5.74) is 6.98. The molecule has 0 spiro atoms. The highest BCUT2D eigenvalue weighted by Gasteiger charge is 2.43. The Morgan fingerprint density at radius 1 is 1.00 bits per heavy atom. The Kier molecular flexibility index (Phi) is 6.54. The molecule has 1 heterocycles. The third-order valence-corrected chi connectivity index (χ3v) is 7.13. The van der Waals surface area contributed by atoms with Crippen LogP contribution in [0.25, 0.3) is 5.70 Å². The van der Waals surface area contributed by atoms with E-state index < -0.39 is 11.9 Å². The second-order valence-corrected chi connectivity index (χ2v) is 9.80. The number of halogens is 1. The number of ether oxygens (including phenoxy) is 2. The summed E-state index contributed by atoms with van der Waals surface area (Å²) < 4.78 is 12.2. The average Bonchev–Trinajstić information content (AvgIpc) is 3.14. The van der Waals surface area contributed by atoms with Gasteiger partial charge in [-0.25, -0.2) is 4.79 Å². The molecular formula is C30H26BrNO4. The number of ketones is 1. The Labute approximate surface area is 219 Å². The molecule has 0 amide bonds. The maximum atomic E-state index is 13.6. The predicted molar refractivity (Wildman–Crippen MR) is 143 cm³/mol. The van der Waals surface area contributed by atoms with Crippen molar-refractivity contribution in [2.75, 3.05) is 6.61 Å². The summed E-state index contributed by atoms with van der Waals surface area (Å²) in [7, 11) is 0. The molecule has 2 aliphatic rings. The van der Waals surface area contributed by atoms with Crippen LogP contribution in [0.1, 0.15) is 52.4 Å². The standard InChI is InChI=1S/C30H26BrNO4/c1-4-35-30(34)25-18(3)32-28-21-10-5-6-11-22(21)29(33)27(28)26(25)20-12-13-24(23(31)15-20)36-16-19-9-7-8-17(2)14-19/h5-15,26,32H,4,16H2,1-3H3/t26-/m1/s1. The maximum Gasteiger partial charge on any atom is 0.336 e.